The summed E-state index contributed by atoms with van der Waals surface area (Å²) < 4.78 is 16.1. The third kappa shape index (κ3) is 11.5. The molecule has 2 aromatic carbocycles. The summed E-state index contributed by atoms with van der Waals surface area (Å²) in [5.74, 6) is 0.114. The van der Waals surface area contributed by atoms with Gasteiger partial charge in [0.15, 0.2) is 6.29 Å². The maximum atomic E-state index is 12.0. The Morgan fingerprint density at radius 3 is 1.92 bits per heavy atom. The fraction of sp³-hybridized carbons (Fsp3) is 0.552. The lowest BCUT2D eigenvalue weighted by molar-refractivity contribution is -0.139. The number of hydrogen-bond acceptors (Lipinski definition) is 6. The van der Waals surface area contributed by atoms with Gasteiger partial charge in [-0.05, 0) is 74.9 Å². The van der Waals surface area contributed by atoms with Crippen molar-refractivity contribution in [3.8, 4) is 11.1 Å². The molecule has 5 N–H and O–H groups in total. The van der Waals surface area contributed by atoms with Crippen molar-refractivity contribution in [1.29, 1.82) is 0 Å². The molecule has 0 aromatic heterocycles. The van der Waals surface area contributed by atoms with E-state index in [1.54, 1.807) is 0 Å². The van der Waals surface area contributed by atoms with E-state index in [0.717, 1.165) is 45.1 Å². The van der Waals surface area contributed by atoms with Crippen molar-refractivity contribution >= 4 is 23.1 Å². The summed E-state index contributed by atoms with van der Waals surface area (Å²) in [6.07, 6.45) is 5.69. The molecule has 0 spiro atoms. The van der Waals surface area contributed by atoms with Gasteiger partial charge in [0, 0.05) is 25.7 Å². The maximum absolute atomic E-state index is 12.0. The predicted molar refractivity (Wildman–Crippen MR) is 156 cm³/mol. The first kappa shape index (κ1) is 33.1. The number of nitrogens with two attached hydrogens (primary N) is 2. The van der Waals surface area contributed by atoms with Crippen LogP contribution >= 0.6 is 17.0 Å². The third-order valence-electron chi connectivity index (χ3n) is 6.09. The summed E-state index contributed by atoms with van der Waals surface area (Å²) in [4.78, 5) is 12.0. The van der Waals surface area contributed by atoms with Gasteiger partial charge >= 0.3 is 6.09 Å². The first-order valence-electron chi connectivity index (χ1n) is 13.4. The average Bonchev–Trinajstić information content (AvgIpc) is 3.22. The monoisotopic (exact) mass is 579 g/mol. The van der Waals surface area contributed by atoms with Crippen molar-refractivity contribution in [3.05, 3.63) is 59.7 Å². The van der Waals surface area contributed by atoms with E-state index in [0.29, 0.717) is 32.9 Å². The summed E-state index contributed by atoms with van der Waals surface area (Å²) in [6.45, 7) is 7.80. The predicted octanol–water partition coefficient (Wildman–Crippen LogP) is 5.75. The summed E-state index contributed by atoms with van der Waals surface area (Å²) in [5, 5.41) is 2.84. The van der Waals surface area contributed by atoms with Crippen LogP contribution in [0.1, 0.15) is 69.4 Å². The summed E-state index contributed by atoms with van der Waals surface area (Å²) in [7, 11) is 0. The zero-order valence-electron chi connectivity index (χ0n) is 22.5. The Morgan fingerprint density at radius 1 is 0.838 bits per heavy atom. The van der Waals surface area contributed by atoms with Crippen molar-refractivity contribution in [1.82, 2.24) is 5.32 Å². The molecule has 0 bridgehead atoms. The number of alkyl carbamates (subject to hydrolysis) is 1. The number of halogens is 1. The van der Waals surface area contributed by atoms with Crippen LogP contribution in [0.4, 0.5) is 4.79 Å². The van der Waals surface area contributed by atoms with Crippen LogP contribution in [0, 0.1) is 0 Å². The van der Waals surface area contributed by atoms with Gasteiger partial charge in [0.1, 0.15) is 6.61 Å². The second-order valence-corrected chi connectivity index (χ2v) is 8.73. The lowest BCUT2D eigenvalue weighted by Crippen LogP contribution is -2.27. The Hall–Kier alpha value is -1.97. The SMILES string of the molecule is Br.CCOC(CCCN)OCC.NCCCCCCNC(=O)OCC1c2ccccc2-c2ccccc21. The molecule has 1 amide bonds. The number of carbonyl (C=O) groups excluding carboxylic acids is 1. The third-order valence-corrected chi connectivity index (χ3v) is 6.09. The topological polar surface area (TPSA) is 109 Å². The normalized spacial score (nSPS) is 11.7. The highest BCUT2D eigenvalue weighted by Crippen LogP contribution is 2.44. The summed E-state index contributed by atoms with van der Waals surface area (Å²) in [5.41, 5.74) is 15.8. The summed E-state index contributed by atoms with van der Waals surface area (Å²) >= 11 is 0. The molecular formula is C29H46BrN3O4. The van der Waals surface area contributed by atoms with Gasteiger partial charge in [0.25, 0.3) is 0 Å². The van der Waals surface area contributed by atoms with Gasteiger partial charge in [-0.25, -0.2) is 4.79 Å². The van der Waals surface area contributed by atoms with Gasteiger partial charge in [-0.15, -0.1) is 17.0 Å². The molecule has 37 heavy (non-hydrogen) atoms. The molecule has 1 aliphatic rings. The summed E-state index contributed by atoms with van der Waals surface area (Å²) in [6, 6.07) is 16.7. The lowest BCUT2D eigenvalue weighted by Gasteiger charge is -2.15. The van der Waals surface area contributed by atoms with Crippen LogP contribution in [0.5, 0.6) is 0 Å². The molecule has 2 aromatic rings. The number of benzene rings is 2. The number of nitrogens with one attached hydrogen (secondary N) is 1. The second-order valence-electron chi connectivity index (χ2n) is 8.73. The van der Waals surface area contributed by atoms with Gasteiger partial charge in [-0.3, -0.25) is 0 Å². The first-order chi connectivity index (χ1) is 17.7. The number of rotatable bonds is 15. The smallest absolute Gasteiger partial charge is 0.407 e. The molecular weight excluding hydrogens is 534 g/mol. The fourth-order valence-electron chi connectivity index (χ4n) is 4.33. The molecule has 0 fully saturated rings. The minimum absolute atomic E-state index is 0. The van der Waals surface area contributed by atoms with Crippen molar-refractivity contribution in [2.24, 2.45) is 11.5 Å². The Morgan fingerprint density at radius 2 is 1.38 bits per heavy atom. The maximum Gasteiger partial charge on any atom is 0.407 e. The lowest BCUT2D eigenvalue weighted by atomic mass is 9.98. The molecule has 0 saturated heterocycles. The largest absolute Gasteiger partial charge is 0.449 e. The van der Waals surface area contributed by atoms with Crippen LogP contribution in [0.2, 0.25) is 0 Å². The van der Waals surface area contributed by atoms with Gasteiger partial charge in [-0.1, -0.05) is 61.4 Å². The molecule has 0 heterocycles. The quantitative estimate of drug-likeness (QED) is 0.183. The molecule has 8 heteroatoms. The minimum atomic E-state index is -0.333. The van der Waals surface area contributed by atoms with Crippen molar-refractivity contribution in [2.45, 2.75) is 64.6 Å². The Bertz CT molecular complexity index is 832. The van der Waals surface area contributed by atoms with Gasteiger partial charge < -0.3 is 31.0 Å². The number of hydrogen-bond donors (Lipinski definition) is 3. The van der Waals surface area contributed by atoms with Crippen LogP contribution < -0.4 is 16.8 Å². The number of fused-ring (bicyclic) bond motifs is 3. The van der Waals surface area contributed by atoms with Crippen molar-refractivity contribution in [3.63, 3.8) is 0 Å². The number of ether oxygens (including phenoxy) is 3. The van der Waals surface area contributed by atoms with Crippen LogP contribution in [-0.4, -0.2) is 51.8 Å². The average molecular weight is 581 g/mol. The van der Waals surface area contributed by atoms with E-state index in [1.165, 1.54) is 22.3 Å². The van der Waals surface area contributed by atoms with E-state index >= 15 is 0 Å². The van der Waals surface area contributed by atoms with Gasteiger partial charge in [0.05, 0.1) is 0 Å². The van der Waals surface area contributed by atoms with Gasteiger partial charge in [0.2, 0.25) is 0 Å². The second kappa shape index (κ2) is 20.1. The van der Waals surface area contributed by atoms with E-state index < -0.39 is 0 Å². The number of carbonyl (C=O) groups is 1. The fourth-order valence-corrected chi connectivity index (χ4v) is 4.33. The van der Waals surface area contributed by atoms with Gasteiger partial charge in [-0.2, -0.15) is 0 Å². The van der Waals surface area contributed by atoms with Crippen molar-refractivity contribution < 1.29 is 19.0 Å². The van der Waals surface area contributed by atoms with Crippen LogP contribution in [-0.2, 0) is 14.2 Å². The molecule has 0 unspecified atom stereocenters. The van der Waals surface area contributed by atoms with Crippen LogP contribution in [0.25, 0.3) is 11.1 Å². The van der Waals surface area contributed by atoms with Crippen LogP contribution in [0.3, 0.4) is 0 Å². The Kier molecular flexibility index (Phi) is 17.9. The molecule has 3 rings (SSSR count). The highest BCUT2D eigenvalue weighted by atomic mass is 79.9. The van der Waals surface area contributed by atoms with Crippen molar-refractivity contribution in [2.75, 3.05) is 39.5 Å². The van der Waals surface area contributed by atoms with Crippen LogP contribution in [0.15, 0.2) is 48.5 Å². The molecule has 7 nitrogen and oxygen atoms in total. The van der Waals surface area contributed by atoms with E-state index in [1.807, 2.05) is 26.0 Å². The molecule has 208 valence electrons. The molecule has 0 radical (unpaired) electrons. The zero-order chi connectivity index (χ0) is 26.0. The van der Waals surface area contributed by atoms with E-state index in [2.05, 4.69) is 41.7 Å². The number of amides is 1. The standard InChI is InChI=1S/C21H26N2O2.C8H19NO2.BrH/c22-13-7-1-2-8-14-23-21(24)25-15-20-18-11-5-3-9-16(18)17-10-4-6-12-19(17)20;1-3-10-8(11-4-2)6-5-7-9;/h3-6,9-12,20H,1-2,7-8,13-15,22H2,(H,23,24);8H,3-7,9H2,1-2H3;1H. The minimum Gasteiger partial charge on any atom is -0.449 e. The first-order valence-corrected chi connectivity index (χ1v) is 13.4. The molecule has 0 aliphatic heterocycles. The van der Waals surface area contributed by atoms with E-state index in [4.69, 9.17) is 25.7 Å². The Balaban J connectivity index is 0.000000487. The Labute approximate surface area is 233 Å². The van der Waals surface area contributed by atoms with E-state index in [-0.39, 0.29) is 35.3 Å². The molecule has 1 aliphatic carbocycles. The highest BCUT2D eigenvalue weighted by Gasteiger charge is 2.28. The highest BCUT2D eigenvalue weighted by molar-refractivity contribution is 8.93. The molecule has 0 atom stereocenters. The number of unbranched alkanes of at least 4 members (excludes halogenated alkanes) is 3. The molecule has 0 saturated carbocycles. The van der Waals surface area contributed by atoms with E-state index in [9.17, 15) is 4.79 Å². The zero-order valence-corrected chi connectivity index (χ0v) is 24.2.